The van der Waals surface area contributed by atoms with Crippen molar-refractivity contribution in [1.29, 1.82) is 0 Å². The van der Waals surface area contributed by atoms with Crippen molar-refractivity contribution in [2.45, 2.75) is 32.6 Å². The van der Waals surface area contributed by atoms with Crippen LogP contribution in [0.5, 0.6) is 0 Å². The number of ether oxygens (including phenoxy) is 1. The summed E-state index contributed by atoms with van der Waals surface area (Å²) in [7, 11) is -3.62. The van der Waals surface area contributed by atoms with Gasteiger partial charge < -0.3 is 9.64 Å². The molecule has 0 spiro atoms. The topological polar surface area (TPSA) is 83.1 Å². The Morgan fingerprint density at radius 3 is 2.36 bits per heavy atom. The zero-order valence-corrected chi connectivity index (χ0v) is 23.0. The minimum absolute atomic E-state index is 0.182. The first kappa shape index (κ1) is 26.7. The van der Waals surface area contributed by atoms with Crippen molar-refractivity contribution in [2.24, 2.45) is 0 Å². The van der Waals surface area contributed by atoms with Crippen LogP contribution in [0.3, 0.4) is 0 Å². The van der Waals surface area contributed by atoms with Crippen LogP contribution in [0.4, 0.5) is 5.13 Å². The van der Waals surface area contributed by atoms with Crippen LogP contribution in [0.1, 0.15) is 35.3 Å². The second-order valence-electron chi connectivity index (χ2n) is 8.95. The van der Waals surface area contributed by atoms with Gasteiger partial charge in [0.2, 0.25) is 10.0 Å². The minimum atomic E-state index is -3.62. The Morgan fingerprint density at radius 2 is 1.72 bits per heavy atom. The molecule has 4 rings (SSSR count). The number of rotatable bonds is 9. The van der Waals surface area contributed by atoms with Crippen molar-refractivity contribution in [1.82, 2.24) is 14.2 Å². The third kappa shape index (κ3) is 5.63. The van der Waals surface area contributed by atoms with Crippen LogP contribution in [0.25, 0.3) is 10.2 Å². The number of aromatic nitrogens is 1. The number of likely N-dealkylation sites (N-methyl/N-ethyl adjacent to an activating group) is 1. The largest absolute Gasteiger partial charge is 0.379 e. The summed E-state index contributed by atoms with van der Waals surface area (Å²) < 4.78 is 33.7. The van der Waals surface area contributed by atoms with Crippen LogP contribution in [0, 0.1) is 13.8 Å². The van der Waals surface area contributed by atoms with Crippen LogP contribution in [-0.4, -0.2) is 81.0 Å². The highest BCUT2D eigenvalue weighted by Crippen LogP contribution is 2.32. The predicted octanol–water partition coefficient (Wildman–Crippen LogP) is 3.92. The van der Waals surface area contributed by atoms with E-state index in [1.54, 1.807) is 17.0 Å². The number of benzene rings is 2. The number of hydrogen-bond acceptors (Lipinski definition) is 7. The number of anilines is 1. The molecule has 1 aliphatic rings. The fraction of sp³-hybridized carbons (Fsp3) is 0.462. The molecular weight excluding hydrogens is 496 g/mol. The molecule has 0 radical (unpaired) electrons. The highest BCUT2D eigenvalue weighted by molar-refractivity contribution is 7.89. The van der Waals surface area contributed by atoms with Gasteiger partial charge in [-0.05, 0) is 68.4 Å². The molecule has 0 saturated carbocycles. The van der Waals surface area contributed by atoms with Crippen LogP contribution in [-0.2, 0) is 14.8 Å². The first-order chi connectivity index (χ1) is 17.2. The first-order valence-electron chi connectivity index (χ1n) is 12.3. The van der Waals surface area contributed by atoms with Gasteiger partial charge in [0.25, 0.3) is 5.91 Å². The summed E-state index contributed by atoms with van der Waals surface area (Å²) >= 11 is 1.51. The molecule has 1 fully saturated rings. The maximum absolute atomic E-state index is 13.7. The molecule has 0 unspecified atom stereocenters. The van der Waals surface area contributed by atoms with Crippen LogP contribution < -0.4 is 4.90 Å². The molecule has 1 saturated heterocycles. The fourth-order valence-corrected chi connectivity index (χ4v) is 6.98. The standard InChI is InChI=1S/C26H34N4O4S2/c1-5-28(6-2)11-12-30(26-27-24-20(4)17-19(3)18-23(24)35-26)25(31)21-7-9-22(10-8-21)36(32,33)29-13-15-34-16-14-29/h7-10,17-18H,5-6,11-16H2,1-4H3. The van der Waals surface area contributed by atoms with E-state index in [-0.39, 0.29) is 10.8 Å². The van der Waals surface area contributed by atoms with Crippen molar-refractivity contribution >= 4 is 42.6 Å². The molecule has 8 nitrogen and oxygen atoms in total. The molecule has 3 aromatic rings. The molecular formula is C26H34N4O4S2. The monoisotopic (exact) mass is 530 g/mol. The van der Waals surface area contributed by atoms with E-state index in [0.29, 0.717) is 43.5 Å². The third-order valence-corrected chi connectivity index (χ3v) is 9.48. The molecule has 1 aromatic heterocycles. The summed E-state index contributed by atoms with van der Waals surface area (Å²) in [6.45, 7) is 12.7. The van der Waals surface area contributed by atoms with Crippen LogP contribution >= 0.6 is 11.3 Å². The van der Waals surface area contributed by atoms with Gasteiger partial charge in [-0.2, -0.15) is 4.31 Å². The van der Waals surface area contributed by atoms with Crippen molar-refractivity contribution in [2.75, 3.05) is 57.4 Å². The number of carbonyl (C=O) groups excluding carboxylic acids is 1. The van der Waals surface area contributed by atoms with Crippen LogP contribution in [0.15, 0.2) is 41.3 Å². The normalized spacial score (nSPS) is 15.0. The quantitative estimate of drug-likeness (QED) is 0.417. The van der Waals surface area contributed by atoms with E-state index in [4.69, 9.17) is 9.72 Å². The lowest BCUT2D eigenvalue weighted by atomic mass is 10.1. The Balaban J connectivity index is 1.64. The molecule has 10 heteroatoms. The maximum Gasteiger partial charge on any atom is 0.260 e. The van der Waals surface area contributed by atoms with Gasteiger partial charge in [0.05, 0.1) is 28.3 Å². The Bertz CT molecular complexity index is 1310. The number of hydrogen-bond donors (Lipinski definition) is 0. The SMILES string of the molecule is CCN(CC)CCN(C(=O)c1ccc(S(=O)(=O)N2CCOCC2)cc1)c1nc2c(C)cc(C)cc2s1. The fourth-order valence-electron chi connectivity index (χ4n) is 4.40. The summed E-state index contributed by atoms with van der Waals surface area (Å²) in [6, 6.07) is 10.4. The molecule has 2 aromatic carbocycles. The Morgan fingerprint density at radius 1 is 1.06 bits per heavy atom. The summed E-state index contributed by atoms with van der Waals surface area (Å²) in [5, 5.41) is 0.654. The number of fused-ring (bicyclic) bond motifs is 1. The lowest BCUT2D eigenvalue weighted by molar-refractivity contribution is 0.0730. The van der Waals surface area contributed by atoms with Gasteiger partial charge in [0.15, 0.2) is 5.13 Å². The number of sulfonamides is 1. The summed E-state index contributed by atoms with van der Waals surface area (Å²) in [6.07, 6.45) is 0. The lowest BCUT2D eigenvalue weighted by Crippen LogP contribution is -2.40. The number of nitrogens with zero attached hydrogens (tertiary/aromatic N) is 4. The molecule has 1 aliphatic heterocycles. The molecule has 1 amide bonds. The van der Waals surface area contributed by atoms with Gasteiger partial charge in [-0.1, -0.05) is 31.3 Å². The van der Waals surface area contributed by atoms with E-state index >= 15 is 0 Å². The maximum atomic E-state index is 13.7. The van der Waals surface area contributed by atoms with Gasteiger partial charge >= 0.3 is 0 Å². The predicted molar refractivity (Wildman–Crippen MR) is 145 cm³/mol. The molecule has 0 aliphatic carbocycles. The highest BCUT2D eigenvalue weighted by atomic mass is 32.2. The molecule has 0 bridgehead atoms. The van der Waals surface area contributed by atoms with Crippen molar-refractivity contribution in [3.8, 4) is 0 Å². The average molecular weight is 531 g/mol. The molecule has 0 N–H and O–H groups in total. The number of amides is 1. The number of thiazole rings is 1. The van der Waals surface area contributed by atoms with E-state index < -0.39 is 10.0 Å². The van der Waals surface area contributed by atoms with Gasteiger partial charge in [0, 0.05) is 31.7 Å². The number of aryl methyl sites for hydroxylation is 2. The zero-order valence-electron chi connectivity index (χ0n) is 21.4. The Kier molecular flexibility index (Phi) is 8.41. The second kappa shape index (κ2) is 11.4. The minimum Gasteiger partial charge on any atom is -0.379 e. The summed E-state index contributed by atoms with van der Waals surface area (Å²) in [5.74, 6) is -0.189. The average Bonchev–Trinajstić information content (AvgIpc) is 3.31. The van der Waals surface area contributed by atoms with Crippen molar-refractivity contribution in [3.63, 3.8) is 0 Å². The van der Waals surface area contributed by atoms with Crippen LogP contribution in [0.2, 0.25) is 0 Å². The lowest BCUT2D eigenvalue weighted by Gasteiger charge is -2.26. The highest BCUT2D eigenvalue weighted by Gasteiger charge is 2.27. The Labute approximate surface area is 217 Å². The van der Waals surface area contributed by atoms with E-state index in [0.717, 1.165) is 41.0 Å². The van der Waals surface area contributed by atoms with Crippen molar-refractivity contribution < 1.29 is 17.9 Å². The zero-order chi connectivity index (χ0) is 25.9. The van der Waals surface area contributed by atoms with E-state index in [1.165, 1.54) is 27.8 Å². The first-order valence-corrected chi connectivity index (χ1v) is 14.6. The smallest absolute Gasteiger partial charge is 0.260 e. The van der Waals surface area contributed by atoms with Gasteiger partial charge in [-0.25, -0.2) is 13.4 Å². The van der Waals surface area contributed by atoms with Gasteiger partial charge in [-0.15, -0.1) is 0 Å². The Hall–Kier alpha value is -2.37. The summed E-state index contributed by atoms with van der Waals surface area (Å²) in [5.41, 5.74) is 3.59. The third-order valence-electron chi connectivity index (χ3n) is 6.54. The van der Waals surface area contributed by atoms with Gasteiger partial charge in [-0.3, -0.25) is 9.69 Å². The molecule has 36 heavy (non-hydrogen) atoms. The molecule has 0 atom stereocenters. The summed E-state index contributed by atoms with van der Waals surface area (Å²) in [4.78, 5) is 22.7. The molecule has 2 heterocycles. The van der Waals surface area contributed by atoms with E-state index in [1.807, 2.05) is 6.92 Å². The number of carbonyl (C=O) groups is 1. The van der Waals surface area contributed by atoms with Crippen molar-refractivity contribution in [3.05, 3.63) is 53.1 Å². The van der Waals surface area contributed by atoms with E-state index in [9.17, 15) is 13.2 Å². The van der Waals surface area contributed by atoms with Gasteiger partial charge in [0.1, 0.15) is 0 Å². The van der Waals surface area contributed by atoms with E-state index in [2.05, 4.69) is 37.8 Å². The number of morpholine rings is 1. The molecule has 194 valence electrons. The second-order valence-corrected chi connectivity index (χ2v) is 11.9.